The van der Waals surface area contributed by atoms with E-state index in [1.165, 1.54) is 0 Å². The van der Waals surface area contributed by atoms with Gasteiger partial charge in [0.1, 0.15) is 0 Å². The van der Waals surface area contributed by atoms with E-state index in [1.54, 1.807) is 48.5 Å². The van der Waals surface area contributed by atoms with Crippen molar-refractivity contribution in [3.05, 3.63) is 0 Å². The van der Waals surface area contributed by atoms with E-state index in [4.69, 9.17) is 52.1 Å². The van der Waals surface area contributed by atoms with Gasteiger partial charge in [0.15, 0.2) is 0 Å². The van der Waals surface area contributed by atoms with Gasteiger partial charge in [-0.25, -0.2) is 0 Å². The van der Waals surface area contributed by atoms with Gasteiger partial charge in [0, 0.05) is 39.6 Å². The molecule has 0 saturated heterocycles. The SMILES string of the molecule is CCCCCOC(OC(=O)CCC(=O)OC(OCC)(OCCCCC)C(OCC)(OCC)OCC)C(OCC)(OCC)OCC. The van der Waals surface area contributed by atoms with Crippen molar-refractivity contribution in [2.75, 3.05) is 59.5 Å². The summed E-state index contributed by atoms with van der Waals surface area (Å²) in [6, 6.07) is 0. The second kappa shape index (κ2) is 25.6. The van der Waals surface area contributed by atoms with Crippen molar-refractivity contribution in [2.45, 2.75) is 138 Å². The van der Waals surface area contributed by atoms with Crippen LogP contribution >= 0.6 is 0 Å². The van der Waals surface area contributed by atoms with Crippen LogP contribution in [0.4, 0.5) is 0 Å². The molecule has 0 amide bonds. The highest BCUT2D eigenvalue weighted by atomic mass is 17.0. The number of unbranched alkanes of at least 4 members (excludes halogenated alkanes) is 4. The molecule has 0 aromatic carbocycles. The molecule has 0 N–H and O–H groups in total. The number of hydrogen-bond acceptors (Lipinski definition) is 13. The molecule has 13 nitrogen and oxygen atoms in total. The molecule has 0 aliphatic rings. The molecule has 0 aromatic rings. The van der Waals surface area contributed by atoms with Gasteiger partial charge in [0.2, 0.25) is 0 Å². The fourth-order valence-electron chi connectivity index (χ4n) is 4.32. The van der Waals surface area contributed by atoms with Crippen LogP contribution < -0.4 is 0 Å². The summed E-state index contributed by atoms with van der Waals surface area (Å²) in [5.41, 5.74) is 0. The molecular formula is C32H62O13. The fourth-order valence-corrected chi connectivity index (χ4v) is 4.32. The molecule has 0 saturated carbocycles. The predicted octanol–water partition coefficient (Wildman–Crippen LogP) is 5.81. The quantitative estimate of drug-likeness (QED) is 0.0506. The molecule has 2 unspecified atom stereocenters. The summed E-state index contributed by atoms with van der Waals surface area (Å²) in [6.45, 7) is 17.9. The zero-order chi connectivity index (χ0) is 34.0. The molecule has 0 bridgehead atoms. The number of carbonyl (C=O) groups excluding carboxylic acids is 2. The summed E-state index contributed by atoms with van der Waals surface area (Å²) in [5, 5.41) is 0. The molecule has 13 heteroatoms. The van der Waals surface area contributed by atoms with Crippen LogP contribution in [0.15, 0.2) is 0 Å². The van der Waals surface area contributed by atoms with Crippen LogP contribution in [-0.4, -0.2) is 95.6 Å². The zero-order valence-electron chi connectivity index (χ0n) is 29.4. The van der Waals surface area contributed by atoms with Gasteiger partial charge in [-0.3, -0.25) is 9.59 Å². The first kappa shape index (κ1) is 43.6. The van der Waals surface area contributed by atoms with Crippen LogP contribution in [0.3, 0.4) is 0 Å². The van der Waals surface area contributed by atoms with Gasteiger partial charge in [0.05, 0.1) is 32.7 Å². The van der Waals surface area contributed by atoms with Crippen LogP contribution in [0.5, 0.6) is 0 Å². The lowest BCUT2D eigenvalue weighted by molar-refractivity contribution is -0.550. The van der Waals surface area contributed by atoms with E-state index >= 15 is 0 Å². The predicted molar refractivity (Wildman–Crippen MR) is 166 cm³/mol. The molecule has 0 aliphatic carbocycles. The van der Waals surface area contributed by atoms with Crippen molar-refractivity contribution in [1.82, 2.24) is 0 Å². The maximum Gasteiger partial charge on any atom is 0.416 e. The van der Waals surface area contributed by atoms with E-state index in [0.29, 0.717) is 6.42 Å². The second-order valence-corrected chi connectivity index (χ2v) is 9.68. The van der Waals surface area contributed by atoms with Crippen molar-refractivity contribution in [1.29, 1.82) is 0 Å². The number of hydrogen-bond donors (Lipinski definition) is 0. The van der Waals surface area contributed by atoms with E-state index in [9.17, 15) is 9.59 Å². The van der Waals surface area contributed by atoms with Crippen molar-refractivity contribution in [3.63, 3.8) is 0 Å². The molecule has 2 atom stereocenters. The Labute approximate surface area is 271 Å². The summed E-state index contributed by atoms with van der Waals surface area (Å²) >= 11 is 0. The van der Waals surface area contributed by atoms with Crippen LogP contribution in [0.25, 0.3) is 0 Å². The summed E-state index contributed by atoms with van der Waals surface area (Å²) in [5.74, 6) is -7.59. The first-order valence-corrected chi connectivity index (χ1v) is 16.8. The van der Waals surface area contributed by atoms with E-state index in [-0.39, 0.29) is 72.3 Å². The Balaban J connectivity index is 6.09. The van der Waals surface area contributed by atoms with E-state index in [0.717, 1.165) is 32.1 Å². The van der Waals surface area contributed by atoms with Crippen LogP contribution in [0.2, 0.25) is 0 Å². The molecule has 0 fully saturated rings. The lowest BCUT2D eigenvalue weighted by atomic mass is 10.2. The topological polar surface area (TPSA) is 136 Å². The lowest BCUT2D eigenvalue weighted by Crippen LogP contribution is -2.65. The van der Waals surface area contributed by atoms with Gasteiger partial charge in [-0.2, -0.15) is 0 Å². The number of esters is 2. The highest BCUT2D eigenvalue weighted by molar-refractivity contribution is 5.77. The summed E-state index contributed by atoms with van der Waals surface area (Å²) in [7, 11) is 0. The highest BCUT2D eigenvalue weighted by Crippen LogP contribution is 2.37. The standard InChI is InChI=1S/C32H62O13/c1-10-19-21-25-35-29(30(36-12-3,37-13-4)38-14-5)44-27(33)23-24-28(34)45-32(42-18-9,43-26-22-20-11-2)31(39-15-6,40-16-7)41-17-8/h29H,10-26H2,1-9H3. The molecule has 0 spiro atoms. The number of rotatable bonds is 31. The van der Waals surface area contributed by atoms with Crippen LogP contribution in [0, 0.1) is 0 Å². The van der Waals surface area contributed by atoms with Crippen molar-refractivity contribution < 1.29 is 61.7 Å². The third-order valence-corrected chi connectivity index (χ3v) is 6.11. The molecular weight excluding hydrogens is 592 g/mol. The third kappa shape index (κ3) is 14.9. The third-order valence-electron chi connectivity index (χ3n) is 6.11. The Morgan fingerprint density at radius 3 is 1.36 bits per heavy atom. The minimum Gasteiger partial charge on any atom is -0.427 e. The largest absolute Gasteiger partial charge is 0.427 e. The van der Waals surface area contributed by atoms with Gasteiger partial charge >= 0.3 is 29.9 Å². The normalized spacial score (nSPS) is 14.2. The molecule has 0 aliphatic heterocycles. The molecule has 45 heavy (non-hydrogen) atoms. The Morgan fingerprint density at radius 1 is 0.489 bits per heavy atom. The van der Waals surface area contributed by atoms with Gasteiger partial charge in [0.25, 0.3) is 6.29 Å². The minimum atomic E-state index is -2.21. The molecule has 0 aromatic heterocycles. The second-order valence-electron chi connectivity index (χ2n) is 9.68. The highest BCUT2D eigenvalue weighted by Gasteiger charge is 2.63. The van der Waals surface area contributed by atoms with Gasteiger partial charge in [-0.05, 0) is 61.3 Å². The Morgan fingerprint density at radius 2 is 0.911 bits per heavy atom. The lowest BCUT2D eigenvalue weighted by Gasteiger charge is -2.44. The Hall–Kier alpha value is -1.42. The molecule has 268 valence electrons. The van der Waals surface area contributed by atoms with Crippen molar-refractivity contribution in [3.8, 4) is 0 Å². The minimum absolute atomic E-state index is 0.0729. The van der Waals surface area contributed by atoms with Crippen molar-refractivity contribution >= 4 is 11.9 Å². The average Bonchev–Trinajstić information content (AvgIpc) is 3.00. The van der Waals surface area contributed by atoms with E-state index in [1.807, 2.05) is 0 Å². The smallest absolute Gasteiger partial charge is 0.416 e. The summed E-state index contributed by atoms with van der Waals surface area (Å²) in [4.78, 5) is 26.5. The van der Waals surface area contributed by atoms with E-state index in [2.05, 4.69) is 13.8 Å². The zero-order valence-corrected chi connectivity index (χ0v) is 29.4. The average molecular weight is 655 g/mol. The van der Waals surface area contributed by atoms with Crippen molar-refractivity contribution in [2.24, 2.45) is 0 Å². The maximum absolute atomic E-state index is 13.4. The molecule has 0 rings (SSSR count). The Kier molecular flexibility index (Phi) is 24.8. The number of carbonyl (C=O) groups is 2. The van der Waals surface area contributed by atoms with E-state index < -0.39 is 36.1 Å². The summed E-state index contributed by atoms with van der Waals surface area (Å²) in [6.07, 6.45) is 3.02. The number of ether oxygens (including phenoxy) is 11. The monoisotopic (exact) mass is 654 g/mol. The van der Waals surface area contributed by atoms with Crippen LogP contribution in [0.1, 0.15) is 114 Å². The first-order valence-electron chi connectivity index (χ1n) is 16.8. The van der Waals surface area contributed by atoms with Crippen LogP contribution in [-0.2, 0) is 61.7 Å². The molecule has 0 radical (unpaired) electrons. The Bertz CT molecular complexity index is 717. The van der Waals surface area contributed by atoms with Gasteiger partial charge in [-0.1, -0.05) is 39.5 Å². The maximum atomic E-state index is 13.4. The molecule has 0 heterocycles. The fraction of sp³-hybridized carbons (Fsp3) is 0.938. The summed E-state index contributed by atoms with van der Waals surface area (Å²) < 4.78 is 64.6. The van der Waals surface area contributed by atoms with Gasteiger partial charge < -0.3 is 52.1 Å². The first-order chi connectivity index (χ1) is 21.7. The van der Waals surface area contributed by atoms with Gasteiger partial charge in [-0.15, -0.1) is 0 Å².